The molecule has 0 atom stereocenters. The maximum atomic E-state index is 4.55. The summed E-state index contributed by atoms with van der Waals surface area (Å²) in [6.45, 7) is 13.4. The summed E-state index contributed by atoms with van der Waals surface area (Å²) in [5, 5.41) is 0. The summed E-state index contributed by atoms with van der Waals surface area (Å²) in [5.74, 6) is 0.511. The Kier molecular flexibility index (Phi) is 4.23. The molecule has 1 aliphatic rings. The fourth-order valence-corrected chi connectivity index (χ4v) is 2.42. The van der Waals surface area contributed by atoms with Gasteiger partial charge in [0.2, 0.25) is 0 Å². The van der Waals surface area contributed by atoms with Crippen LogP contribution in [0, 0.1) is 0 Å². The Labute approximate surface area is 111 Å². The van der Waals surface area contributed by atoms with E-state index in [1.54, 1.807) is 0 Å². The Hall–Kier alpha value is -1.09. The topological polar surface area (TPSA) is 19.4 Å². The van der Waals surface area contributed by atoms with Gasteiger partial charge in [-0.05, 0) is 31.9 Å². The van der Waals surface area contributed by atoms with Gasteiger partial charge in [-0.1, -0.05) is 13.8 Å². The number of pyridine rings is 1. The summed E-state index contributed by atoms with van der Waals surface area (Å²) < 4.78 is 0. The van der Waals surface area contributed by atoms with Crippen molar-refractivity contribution in [2.45, 2.75) is 39.7 Å². The Morgan fingerprint density at radius 3 is 2.11 bits per heavy atom. The lowest BCUT2D eigenvalue weighted by Gasteiger charge is -2.38. The molecular formula is C15H25N3. The van der Waals surface area contributed by atoms with Crippen molar-refractivity contribution in [3.8, 4) is 0 Å². The van der Waals surface area contributed by atoms with E-state index in [4.69, 9.17) is 0 Å². The van der Waals surface area contributed by atoms with E-state index in [0.29, 0.717) is 12.0 Å². The molecule has 0 bridgehead atoms. The average Bonchev–Trinajstić information content (AvgIpc) is 2.39. The van der Waals surface area contributed by atoms with E-state index in [1.807, 2.05) is 6.20 Å². The first kappa shape index (κ1) is 13.3. The standard InChI is InChI=1S/C15H25N3/c1-12(2)15-6-5-14(11-16-15)18-9-7-17(8-10-18)13(3)4/h5-6,11-13H,7-10H2,1-4H3. The second kappa shape index (κ2) is 5.70. The second-order valence-electron chi connectivity index (χ2n) is 5.71. The van der Waals surface area contributed by atoms with E-state index in [0.717, 1.165) is 26.2 Å². The van der Waals surface area contributed by atoms with Crippen LogP contribution in [-0.4, -0.2) is 42.1 Å². The van der Waals surface area contributed by atoms with Gasteiger partial charge in [0.15, 0.2) is 0 Å². The second-order valence-corrected chi connectivity index (χ2v) is 5.71. The maximum absolute atomic E-state index is 4.55. The number of piperazine rings is 1. The van der Waals surface area contributed by atoms with Crippen LogP contribution in [0.5, 0.6) is 0 Å². The van der Waals surface area contributed by atoms with E-state index < -0.39 is 0 Å². The molecule has 0 saturated carbocycles. The molecule has 0 radical (unpaired) electrons. The smallest absolute Gasteiger partial charge is 0.0553 e. The van der Waals surface area contributed by atoms with Crippen LogP contribution in [0.2, 0.25) is 0 Å². The zero-order valence-electron chi connectivity index (χ0n) is 12.1. The summed E-state index contributed by atoms with van der Waals surface area (Å²) in [7, 11) is 0. The summed E-state index contributed by atoms with van der Waals surface area (Å²) in [5.41, 5.74) is 2.45. The molecule has 1 aliphatic heterocycles. The Bertz CT molecular complexity index is 362. The highest BCUT2D eigenvalue weighted by Crippen LogP contribution is 2.19. The maximum Gasteiger partial charge on any atom is 0.0553 e. The molecule has 0 aromatic carbocycles. The quantitative estimate of drug-likeness (QED) is 0.818. The fraction of sp³-hybridized carbons (Fsp3) is 0.667. The molecule has 18 heavy (non-hydrogen) atoms. The minimum atomic E-state index is 0.511. The van der Waals surface area contributed by atoms with Gasteiger partial charge in [-0.3, -0.25) is 9.88 Å². The fourth-order valence-electron chi connectivity index (χ4n) is 2.42. The van der Waals surface area contributed by atoms with Gasteiger partial charge in [0.25, 0.3) is 0 Å². The van der Waals surface area contributed by atoms with Crippen molar-refractivity contribution in [2.24, 2.45) is 0 Å². The van der Waals surface area contributed by atoms with Crippen LogP contribution in [0.25, 0.3) is 0 Å². The van der Waals surface area contributed by atoms with Gasteiger partial charge >= 0.3 is 0 Å². The van der Waals surface area contributed by atoms with Crippen LogP contribution < -0.4 is 4.90 Å². The molecule has 1 fully saturated rings. The highest BCUT2D eigenvalue weighted by molar-refractivity contribution is 5.45. The van der Waals surface area contributed by atoms with Gasteiger partial charge in [0.05, 0.1) is 11.9 Å². The Balaban J connectivity index is 1.97. The molecule has 2 heterocycles. The minimum absolute atomic E-state index is 0.511. The largest absolute Gasteiger partial charge is 0.368 e. The first-order chi connectivity index (χ1) is 8.58. The molecular weight excluding hydrogens is 222 g/mol. The predicted molar refractivity (Wildman–Crippen MR) is 77.2 cm³/mol. The predicted octanol–water partition coefficient (Wildman–Crippen LogP) is 2.74. The monoisotopic (exact) mass is 247 g/mol. The average molecular weight is 247 g/mol. The molecule has 2 rings (SSSR count). The highest BCUT2D eigenvalue weighted by atomic mass is 15.3. The van der Waals surface area contributed by atoms with Gasteiger partial charge < -0.3 is 4.90 Å². The Morgan fingerprint density at radius 2 is 1.67 bits per heavy atom. The lowest BCUT2D eigenvalue weighted by atomic mass is 10.1. The van der Waals surface area contributed by atoms with E-state index >= 15 is 0 Å². The van der Waals surface area contributed by atoms with Gasteiger partial charge in [0.1, 0.15) is 0 Å². The molecule has 0 N–H and O–H groups in total. The number of anilines is 1. The molecule has 1 saturated heterocycles. The van der Waals surface area contributed by atoms with Gasteiger partial charge in [-0.2, -0.15) is 0 Å². The molecule has 0 spiro atoms. The molecule has 0 amide bonds. The number of aromatic nitrogens is 1. The van der Waals surface area contributed by atoms with Crippen LogP contribution in [0.3, 0.4) is 0 Å². The molecule has 3 nitrogen and oxygen atoms in total. The van der Waals surface area contributed by atoms with E-state index in [1.165, 1.54) is 11.4 Å². The number of nitrogens with zero attached hydrogens (tertiary/aromatic N) is 3. The van der Waals surface area contributed by atoms with Crippen LogP contribution >= 0.6 is 0 Å². The zero-order valence-corrected chi connectivity index (χ0v) is 12.1. The van der Waals surface area contributed by atoms with Crippen LogP contribution in [0.15, 0.2) is 18.3 Å². The normalized spacial score (nSPS) is 17.8. The summed E-state index contributed by atoms with van der Waals surface area (Å²) in [6.07, 6.45) is 2.03. The first-order valence-corrected chi connectivity index (χ1v) is 7.03. The number of hydrogen-bond donors (Lipinski definition) is 0. The lowest BCUT2D eigenvalue weighted by molar-refractivity contribution is 0.209. The van der Waals surface area contributed by atoms with Crippen molar-refractivity contribution >= 4 is 5.69 Å². The van der Waals surface area contributed by atoms with Crippen LogP contribution in [0.4, 0.5) is 5.69 Å². The SMILES string of the molecule is CC(C)c1ccc(N2CCN(C(C)C)CC2)cn1. The Morgan fingerprint density at radius 1 is 1.00 bits per heavy atom. The minimum Gasteiger partial charge on any atom is -0.368 e. The van der Waals surface area contributed by atoms with Crippen LogP contribution in [0.1, 0.15) is 39.3 Å². The van der Waals surface area contributed by atoms with Crippen molar-refractivity contribution in [3.05, 3.63) is 24.0 Å². The summed E-state index contributed by atoms with van der Waals surface area (Å²) >= 11 is 0. The molecule has 1 aromatic rings. The highest BCUT2D eigenvalue weighted by Gasteiger charge is 2.19. The zero-order chi connectivity index (χ0) is 13.1. The molecule has 100 valence electrons. The molecule has 0 aliphatic carbocycles. The van der Waals surface area contributed by atoms with E-state index in [2.05, 4.69) is 54.6 Å². The van der Waals surface area contributed by atoms with Crippen molar-refractivity contribution < 1.29 is 0 Å². The van der Waals surface area contributed by atoms with E-state index in [-0.39, 0.29) is 0 Å². The van der Waals surface area contributed by atoms with E-state index in [9.17, 15) is 0 Å². The van der Waals surface area contributed by atoms with Gasteiger partial charge in [0, 0.05) is 37.9 Å². The van der Waals surface area contributed by atoms with Crippen molar-refractivity contribution in [1.82, 2.24) is 9.88 Å². The third kappa shape index (κ3) is 3.02. The number of rotatable bonds is 3. The summed E-state index contributed by atoms with van der Waals surface area (Å²) in [4.78, 5) is 9.53. The van der Waals surface area contributed by atoms with Crippen molar-refractivity contribution in [3.63, 3.8) is 0 Å². The molecule has 0 unspecified atom stereocenters. The van der Waals surface area contributed by atoms with Gasteiger partial charge in [-0.25, -0.2) is 0 Å². The molecule has 3 heteroatoms. The van der Waals surface area contributed by atoms with Crippen molar-refractivity contribution in [2.75, 3.05) is 31.1 Å². The molecule has 1 aromatic heterocycles. The first-order valence-electron chi connectivity index (χ1n) is 7.03. The van der Waals surface area contributed by atoms with Crippen molar-refractivity contribution in [1.29, 1.82) is 0 Å². The number of hydrogen-bond acceptors (Lipinski definition) is 3. The van der Waals surface area contributed by atoms with Crippen LogP contribution in [-0.2, 0) is 0 Å². The summed E-state index contributed by atoms with van der Waals surface area (Å²) in [6, 6.07) is 5.04. The third-order valence-electron chi connectivity index (χ3n) is 3.77. The van der Waals surface area contributed by atoms with Gasteiger partial charge in [-0.15, -0.1) is 0 Å². The third-order valence-corrected chi connectivity index (χ3v) is 3.77. The lowest BCUT2D eigenvalue weighted by Crippen LogP contribution is -2.48.